The third-order valence-corrected chi connectivity index (χ3v) is 2.72. The van der Waals surface area contributed by atoms with Gasteiger partial charge in [-0.15, -0.1) is 0 Å². The molecule has 0 aliphatic rings. The van der Waals surface area contributed by atoms with Crippen molar-refractivity contribution in [1.82, 2.24) is 0 Å². The van der Waals surface area contributed by atoms with E-state index in [4.69, 9.17) is 5.26 Å². The zero-order valence-electron chi connectivity index (χ0n) is 9.27. The van der Waals surface area contributed by atoms with Gasteiger partial charge in [0.2, 0.25) is 0 Å². The molecule has 2 aromatic rings. The van der Waals surface area contributed by atoms with Crippen LogP contribution in [0.15, 0.2) is 48.5 Å². The minimum absolute atomic E-state index is 0. The van der Waals surface area contributed by atoms with Gasteiger partial charge in [-0.25, -0.2) is 0 Å². The fraction of sp³-hybridized carbons (Fsp3) is 0.188. The summed E-state index contributed by atoms with van der Waals surface area (Å²) in [6.07, 6.45) is 1.04. The maximum atomic E-state index is 9.03. The molecule has 0 atom stereocenters. The molecule has 17 heavy (non-hydrogen) atoms. The summed E-state index contributed by atoms with van der Waals surface area (Å²) in [5, 5.41) is 9.03. The molecular formula is C16H17N. The number of rotatable bonds is 2. The number of hydrogen-bond donors (Lipinski definition) is 0. The second kappa shape index (κ2) is 5.86. The molecule has 0 aromatic heterocycles. The smallest absolute Gasteiger partial charge is 0.0998 e. The molecule has 86 valence electrons. The van der Waals surface area contributed by atoms with Crippen molar-refractivity contribution in [3.8, 4) is 17.2 Å². The monoisotopic (exact) mass is 223 g/mol. The van der Waals surface area contributed by atoms with E-state index in [1.54, 1.807) is 0 Å². The molecule has 0 unspecified atom stereocenters. The van der Waals surface area contributed by atoms with Gasteiger partial charge < -0.3 is 0 Å². The fourth-order valence-electron chi connectivity index (χ4n) is 1.75. The van der Waals surface area contributed by atoms with Crippen LogP contribution >= 0.6 is 0 Å². The minimum atomic E-state index is 0. The third-order valence-electron chi connectivity index (χ3n) is 2.72. The maximum Gasteiger partial charge on any atom is 0.0998 e. The van der Waals surface area contributed by atoms with Crippen LogP contribution < -0.4 is 0 Å². The highest BCUT2D eigenvalue weighted by Crippen LogP contribution is 2.23. The van der Waals surface area contributed by atoms with E-state index in [2.05, 4.69) is 37.3 Å². The van der Waals surface area contributed by atoms with E-state index >= 15 is 0 Å². The summed E-state index contributed by atoms with van der Waals surface area (Å²) in [6, 6.07) is 18.3. The Morgan fingerprint density at radius 1 is 1.00 bits per heavy atom. The third kappa shape index (κ3) is 2.73. The van der Waals surface area contributed by atoms with E-state index in [-0.39, 0.29) is 7.43 Å². The molecular weight excluding hydrogens is 206 g/mol. The Hall–Kier alpha value is -2.07. The first kappa shape index (κ1) is 13.0. The van der Waals surface area contributed by atoms with E-state index in [1.165, 1.54) is 5.56 Å². The van der Waals surface area contributed by atoms with Crippen LogP contribution in [0.1, 0.15) is 25.5 Å². The lowest BCUT2D eigenvalue weighted by Gasteiger charge is -2.04. The Morgan fingerprint density at radius 2 is 1.65 bits per heavy atom. The summed E-state index contributed by atoms with van der Waals surface area (Å²) in [5.74, 6) is 0. The van der Waals surface area contributed by atoms with Crippen LogP contribution in [0.25, 0.3) is 11.1 Å². The average molecular weight is 223 g/mol. The van der Waals surface area contributed by atoms with Crippen LogP contribution in [-0.2, 0) is 6.42 Å². The largest absolute Gasteiger partial charge is 0.192 e. The summed E-state index contributed by atoms with van der Waals surface area (Å²) < 4.78 is 0. The highest BCUT2D eigenvalue weighted by molar-refractivity contribution is 5.70. The van der Waals surface area contributed by atoms with Gasteiger partial charge in [-0.2, -0.15) is 5.26 Å². The molecule has 0 saturated carbocycles. The van der Waals surface area contributed by atoms with Crippen LogP contribution in [0.3, 0.4) is 0 Å². The van der Waals surface area contributed by atoms with E-state index in [9.17, 15) is 0 Å². The Balaban J connectivity index is 0.00000144. The van der Waals surface area contributed by atoms with Gasteiger partial charge >= 0.3 is 0 Å². The van der Waals surface area contributed by atoms with E-state index in [1.807, 2.05) is 24.3 Å². The molecule has 0 aliphatic heterocycles. The van der Waals surface area contributed by atoms with Crippen LogP contribution in [-0.4, -0.2) is 0 Å². The molecule has 0 radical (unpaired) electrons. The summed E-state index contributed by atoms with van der Waals surface area (Å²) in [5.41, 5.74) is 4.16. The van der Waals surface area contributed by atoms with Gasteiger partial charge in [0.05, 0.1) is 11.6 Å². The lowest BCUT2D eigenvalue weighted by atomic mass is 9.99. The normalized spacial score (nSPS) is 9.18. The molecule has 0 aliphatic carbocycles. The number of aryl methyl sites for hydroxylation is 1. The summed E-state index contributed by atoms with van der Waals surface area (Å²) in [6.45, 7) is 2.14. The van der Waals surface area contributed by atoms with Crippen LogP contribution in [0.5, 0.6) is 0 Å². The van der Waals surface area contributed by atoms with Gasteiger partial charge in [0, 0.05) is 0 Å². The number of nitriles is 1. The van der Waals surface area contributed by atoms with Crippen molar-refractivity contribution in [1.29, 1.82) is 5.26 Å². The van der Waals surface area contributed by atoms with Gasteiger partial charge in [-0.05, 0) is 29.2 Å². The van der Waals surface area contributed by atoms with Gasteiger partial charge in [-0.3, -0.25) is 0 Å². The van der Waals surface area contributed by atoms with Crippen molar-refractivity contribution in [3.63, 3.8) is 0 Å². The quantitative estimate of drug-likeness (QED) is 0.739. The van der Waals surface area contributed by atoms with Gasteiger partial charge in [0.1, 0.15) is 0 Å². The zero-order chi connectivity index (χ0) is 11.4. The first-order valence-corrected chi connectivity index (χ1v) is 5.43. The van der Waals surface area contributed by atoms with Crippen molar-refractivity contribution in [3.05, 3.63) is 59.7 Å². The summed E-state index contributed by atoms with van der Waals surface area (Å²) in [7, 11) is 0. The standard InChI is InChI=1S/C15H13N.CH4/c1-2-12-7-9-13(10-8-12)15-6-4-3-5-14(15)11-16;/h3-10H,2H2,1H3;1H4. The van der Waals surface area contributed by atoms with Crippen molar-refractivity contribution in [2.45, 2.75) is 20.8 Å². The van der Waals surface area contributed by atoms with Crippen LogP contribution in [0.2, 0.25) is 0 Å². The summed E-state index contributed by atoms with van der Waals surface area (Å²) in [4.78, 5) is 0. The minimum Gasteiger partial charge on any atom is -0.192 e. The van der Waals surface area contributed by atoms with Crippen LogP contribution in [0.4, 0.5) is 0 Å². The molecule has 0 heterocycles. The van der Waals surface area contributed by atoms with Crippen LogP contribution in [0, 0.1) is 11.3 Å². The highest BCUT2D eigenvalue weighted by atomic mass is 14.2. The van der Waals surface area contributed by atoms with Crippen molar-refractivity contribution in [2.24, 2.45) is 0 Å². The Labute approximate surface area is 103 Å². The van der Waals surface area contributed by atoms with Gasteiger partial charge in [0.15, 0.2) is 0 Å². The molecule has 0 saturated heterocycles. The fourth-order valence-corrected chi connectivity index (χ4v) is 1.75. The first-order valence-electron chi connectivity index (χ1n) is 5.43. The number of benzene rings is 2. The Kier molecular flexibility index (Phi) is 4.48. The Morgan fingerprint density at radius 3 is 2.24 bits per heavy atom. The highest BCUT2D eigenvalue weighted by Gasteiger charge is 2.02. The Bertz CT molecular complexity index is 518. The number of hydrogen-bond acceptors (Lipinski definition) is 1. The predicted molar refractivity (Wildman–Crippen MR) is 72.7 cm³/mol. The topological polar surface area (TPSA) is 23.8 Å². The predicted octanol–water partition coefficient (Wildman–Crippen LogP) is 4.42. The van der Waals surface area contributed by atoms with Crippen molar-refractivity contribution in [2.75, 3.05) is 0 Å². The van der Waals surface area contributed by atoms with Crippen molar-refractivity contribution < 1.29 is 0 Å². The van der Waals surface area contributed by atoms with E-state index in [0.717, 1.165) is 23.1 Å². The molecule has 2 rings (SSSR count). The molecule has 2 aromatic carbocycles. The zero-order valence-corrected chi connectivity index (χ0v) is 9.27. The van der Waals surface area contributed by atoms with Crippen molar-refractivity contribution >= 4 is 0 Å². The van der Waals surface area contributed by atoms with Gasteiger partial charge in [-0.1, -0.05) is 56.8 Å². The molecule has 0 bridgehead atoms. The van der Waals surface area contributed by atoms with E-state index in [0.29, 0.717) is 0 Å². The second-order valence-electron chi connectivity index (χ2n) is 3.71. The molecule has 0 spiro atoms. The molecule has 1 heteroatoms. The lowest BCUT2D eigenvalue weighted by Crippen LogP contribution is -1.85. The first-order chi connectivity index (χ1) is 7.85. The number of nitrogens with zero attached hydrogens (tertiary/aromatic N) is 1. The van der Waals surface area contributed by atoms with Gasteiger partial charge in [0.25, 0.3) is 0 Å². The van der Waals surface area contributed by atoms with E-state index < -0.39 is 0 Å². The molecule has 1 nitrogen and oxygen atoms in total. The summed E-state index contributed by atoms with van der Waals surface area (Å²) >= 11 is 0. The average Bonchev–Trinajstić information content (AvgIpc) is 2.39. The lowest BCUT2D eigenvalue weighted by molar-refractivity contribution is 1.14. The SMILES string of the molecule is C.CCc1ccc(-c2ccccc2C#N)cc1. The molecule has 0 amide bonds. The maximum absolute atomic E-state index is 9.03. The molecule has 0 N–H and O–H groups in total. The second-order valence-corrected chi connectivity index (χ2v) is 3.71. The molecule has 0 fully saturated rings.